The van der Waals surface area contributed by atoms with Crippen LogP contribution in [0.5, 0.6) is 0 Å². The molecule has 2 unspecified atom stereocenters. The zero-order valence-corrected chi connectivity index (χ0v) is 11.9. The van der Waals surface area contributed by atoms with Crippen LogP contribution in [0.1, 0.15) is 0 Å². The van der Waals surface area contributed by atoms with Gasteiger partial charge in [-0.2, -0.15) is 61.5 Å². The van der Waals surface area contributed by atoms with E-state index < -0.39 is 63.7 Å². The third-order valence-corrected chi connectivity index (χ3v) is 5.06. The molecule has 0 aromatic carbocycles. The first-order valence-corrected chi connectivity index (χ1v) is 6.38. The van der Waals surface area contributed by atoms with Gasteiger partial charge in [0.1, 0.15) is 0 Å². The maximum atomic E-state index is 14.5. The number of hydrogen-bond donors (Lipinski definition) is 0. The van der Waals surface area contributed by atoms with Gasteiger partial charge in [-0.1, -0.05) is 0 Å². The van der Waals surface area contributed by atoms with E-state index in [-0.39, 0.29) is 0 Å². The van der Waals surface area contributed by atoms with E-state index in [1.54, 1.807) is 0 Å². The monoisotopic (exact) mass is 457 g/mol. The number of alkyl halides is 17. The van der Waals surface area contributed by atoms with Crippen molar-refractivity contribution in [2.75, 3.05) is 0 Å². The van der Waals surface area contributed by atoms with Crippen LogP contribution in [-0.2, 0) is 0 Å². The molecule has 3 heterocycles. The van der Waals surface area contributed by atoms with Crippen molar-refractivity contribution in [2.24, 2.45) is 0 Å². The summed E-state index contributed by atoms with van der Waals surface area (Å²) in [7, 11) is 0. The van der Waals surface area contributed by atoms with Gasteiger partial charge in [0.05, 0.1) is 0 Å². The van der Waals surface area contributed by atoms with E-state index in [2.05, 4.69) is 0 Å². The molecule has 1 nitrogen and oxygen atoms in total. The van der Waals surface area contributed by atoms with E-state index in [1.165, 1.54) is 0 Å². The van der Waals surface area contributed by atoms with E-state index >= 15 is 0 Å². The molecule has 2 bridgehead atoms. The summed E-state index contributed by atoms with van der Waals surface area (Å²) in [6.45, 7) is 0. The highest BCUT2D eigenvalue weighted by Crippen LogP contribution is 2.85. The Bertz CT molecular complexity index is 722. The van der Waals surface area contributed by atoms with E-state index in [0.717, 1.165) is 0 Å². The van der Waals surface area contributed by atoms with Gasteiger partial charge in [-0.25, -0.2) is 13.2 Å². The van der Waals surface area contributed by atoms with Gasteiger partial charge in [0, 0.05) is 0 Å². The number of nitrogens with zero attached hydrogens (tertiary/aromatic N) is 1. The Morgan fingerprint density at radius 3 is 0.964 bits per heavy atom. The zero-order valence-electron chi connectivity index (χ0n) is 11.9. The van der Waals surface area contributed by atoms with Gasteiger partial charge in [0.25, 0.3) is 17.1 Å². The third kappa shape index (κ3) is 1.23. The molecule has 4 fully saturated rings. The summed E-state index contributed by atoms with van der Waals surface area (Å²) in [5.41, 5.74) is -16.2. The number of piperidine rings is 3. The van der Waals surface area contributed by atoms with Gasteiger partial charge in [-0.15, -0.1) is 4.90 Å². The van der Waals surface area contributed by atoms with Crippen LogP contribution in [0.2, 0.25) is 0 Å². The largest absolute Gasteiger partial charge is 0.380 e. The molecule has 28 heavy (non-hydrogen) atoms. The van der Waals surface area contributed by atoms with Gasteiger partial charge >= 0.3 is 41.7 Å². The van der Waals surface area contributed by atoms with Crippen LogP contribution < -0.4 is 0 Å². The molecule has 0 radical (unpaired) electrons. The fraction of sp³-hybridized carbons (Fsp3) is 1.00. The molecule has 0 spiro atoms. The Labute approximate surface area is 140 Å². The number of rotatable bonds is 0. The topological polar surface area (TPSA) is 3.24 Å². The normalized spacial score (nSPS) is 50.2. The lowest BCUT2D eigenvalue weighted by molar-refractivity contribution is -0.583. The van der Waals surface area contributed by atoms with Crippen molar-refractivity contribution in [3.05, 3.63) is 0 Å². The van der Waals surface area contributed by atoms with Gasteiger partial charge in [0.2, 0.25) is 0 Å². The van der Waals surface area contributed by atoms with Gasteiger partial charge < -0.3 is 0 Å². The second-order valence-corrected chi connectivity index (χ2v) is 6.23. The first kappa shape index (κ1) is 21.5. The Morgan fingerprint density at radius 2 is 0.643 bits per heavy atom. The Hall–Kier alpha value is -1.23. The van der Waals surface area contributed by atoms with E-state index in [0.29, 0.717) is 0 Å². The summed E-state index contributed by atoms with van der Waals surface area (Å²) >= 11 is 0. The quantitative estimate of drug-likeness (QED) is 0.374. The van der Waals surface area contributed by atoms with Crippen molar-refractivity contribution >= 4 is 0 Å². The zero-order chi connectivity index (χ0) is 22.6. The highest BCUT2D eigenvalue weighted by molar-refractivity contribution is 5.46. The van der Waals surface area contributed by atoms with Crippen LogP contribution in [0.3, 0.4) is 0 Å². The van der Waals surface area contributed by atoms with Crippen molar-refractivity contribution in [2.45, 2.75) is 58.8 Å². The molecule has 4 rings (SSSR count). The minimum absolute atomic E-state index is 4.12. The second-order valence-electron chi connectivity index (χ2n) is 6.23. The average molecular weight is 457 g/mol. The number of fused-ring (bicyclic) bond motifs is 2. The minimum atomic E-state index is -8.27. The first-order chi connectivity index (χ1) is 11.9. The fourth-order valence-electron chi connectivity index (χ4n) is 3.67. The number of halogens is 17. The van der Waals surface area contributed by atoms with Crippen molar-refractivity contribution < 1.29 is 74.6 Å². The molecule has 2 atom stereocenters. The van der Waals surface area contributed by atoms with Crippen LogP contribution in [0.4, 0.5) is 74.6 Å². The molecule has 3 aliphatic heterocycles. The standard InChI is InChI=1S/C10F17N/c11-1-2(12)3(13,14)6(19,20)7(21,22)8(2,23)28(9(24,25)4(1,15)16)10(26,27)5(1,17)18. The Kier molecular flexibility index (Phi) is 3.18. The smallest absolute Gasteiger partial charge is 0.227 e. The summed E-state index contributed by atoms with van der Waals surface area (Å²) in [5, 5.41) is 0. The molecule has 3 saturated heterocycles. The van der Waals surface area contributed by atoms with Crippen molar-refractivity contribution in [1.29, 1.82) is 0 Å². The minimum Gasteiger partial charge on any atom is -0.227 e. The predicted octanol–water partition coefficient (Wildman–Crippen LogP) is 4.77. The summed E-state index contributed by atoms with van der Waals surface area (Å²) in [6.07, 6.45) is 0. The molecule has 18 heteroatoms. The van der Waals surface area contributed by atoms with Crippen LogP contribution in [-0.4, -0.2) is 63.7 Å². The Balaban J connectivity index is 2.67. The molecule has 0 aromatic rings. The first-order valence-electron chi connectivity index (χ1n) is 6.38. The third-order valence-electron chi connectivity index (χ3n) is 5.06. The van der Waals surface area contributed by atoms with Crippen LogP contribution in [0, 0.1) is 0 Å². The van der Waals surface area contributed by atoms with Crippen LogP contribution in [0.25, 0.3) is 0 Å². The SMILES string of the molecule is FC1(F)N2C(F)(F)C(F)(F)C(F)(C1(F)F)C1(F)C(F)(F)C(F)(F)C(F)(F)C21F. The van der Waals surface area contributed by atoms with Crippen molar-refractivity contribution in [3.8, 4) is 0 Å². The molecule has 0 N–H and O–H groups in total. The maximum Gasteiger partial charge on any atom is 0.380 e. The van der Waals surface area contributed by atoms with E-state index in [9.17, 15) is 74.6 Å². The molecule has 1 aliphatic carbocycles. The number of hydrogen-bond acceptors (Lipinski definition) is 1. The van der Waals surface area contributed by atoms with E-state index in [1.807, 2.05) is 0 Å². The lowest BCUT2D eigenvalue weighted by Gasteiger charge is -2.66. The highest BCUT2D eigenvalue weighted by atomic mass is 19.4. The summed E-state index contributed by atoms with van der Waals surface area (Å²) in [5.74, 6) is -46.9. The Morgan fingerprint density at radius 1 is 0.321 bits per heavy atom. The summed E-state index contributed by atoms with van der Waals surface area (Å²) in [4.78, 5) is -4.12. The fourth-order valence-corrected chi connectivity index (χ4v) is 3.67. The van der Waals surface area contributed by atoms with Gasteiger partial charge in [-0.05, 0) is 0 Å². The van der Waals surface area contributed by atoms with E-state index in [4.69, 9.17) is 0 Å². The van der Waals surface area contributed by atoms with Crippen LogP contribution >= 0.6 is 0 Å². The molecule has 1 saturated carbocycles. The molecular weight excluding hydrogens is 457 g/mol. The second kappa shape index (κ2) is 4.14. The van der Waals surface area contributed by atoms with Crippen molar-refractivity contribution in [1.82, 2.24) is 4.90 Å². The molecule has 0 aromatic heterocycles. The molecule has 164 valence electrons. The molecule has 0 amide bonds. The molecule has 4 aliphatic rings. The highest BCUT2D eigenvalue weighted by Gasteiger charge is 3.19. The summed E-state index contributed by atoms with van der Waals surface area (Å²) < 4.78 is 233. The average Bonchev–Trinajstić information content (AvgIpc) is 2.53. The van der Waals surface area contributed by atoms with Gasteiger partial charge in [0.15, 0.2) is 0 Å². The summed E-state index contributed by atoms with van der Waals surface area (Å²) in [6, 6.07) is -15.2. The van der Waals surface area contributed by atoms with Gasteiger partial charge in [-0.3, -0.25) is 0 Å². The van der Waals surface area contributed by atoms with Crippen molar-refractivity contribution in [3.63, 3.8) is 0 Å². The lowest BCUT2D eigenvalue weighted by Crippen LogP contribution is -3.00. The lowest BCUT2D eigenvalue weighted by atomic mass is 9.61. The molecular formula is C10F17N. The van der Waals surface area contributed by atoms with Crippen LogP contribution in [0.15, 0.2) is 0 Å². The predicted molar refractivity (Wildman–Crippen MR) is 48.0 cm³/mol. The maximum absolute atomic E-state index is 14.5.